The Morgan fingerprint density at radius 1 is 0.792 bits per heavy atom. The van der Waals surface area contributed by atoms with E-state index in [0.717, 1.165) is 27.3 Å². The molecule has 0 aliphatic carbocycles. The molecule has 6 aromatic rings. The van der Waals surface area contributed by atoms with Crippen LogP contribution in [0.2, 0.25) is 0 Å². The van der Waals surface area contributed by atoms with Crippen LogP contribution in [0.15, 0.2) is 142 Å². The van der Waals surface area contributed by atoms with Crippen LogP contribution in [0, 0.1) is 6.92 Å². The summed E-state index contributed by atoms with van der Waals surface area (Å²) in [6, 6.07) is 37.0. The molecule has 0 unspecified atom stereocenters. The van der Waals surface area contributed by atoms with Gasteiger partial charge in [0.2, 0.25) is 5.91 Å². The Kier molecular flexibility index (Phi) is 10.2. The molecule has 2 aromatic heterocycles. The molecule has 10 heteroatoms. The lowest BCUT2D eigenvalue weighted by molar-refractivity contribution is -0.114. The standard InChI is InChI=1S/C38H30N4O4S2/c1-25-12-14-27(15-13-25)34-21-18-30(46-34)22-32(40-36(44)28-10-6-3-7-11-28)37(45)39-29-16-19-31(20-17-29)47-24-35(43)42-38-41-33(23-48-38)26-8-4-2-5-9-26/h2-23H,24H2,1H3,(H,39,45)(H,40,44)(H,41,42,43)/b32-22-. The van der Waals surface area contributed by atoms with E-state index in [1.165, 1.54) is 29.2 Å². The number of hydrogen-bond acceptors (Lipinski definition) is 7. The molecule has 0 aliphatic heterocycles. The van der Waals surface area contributed by atoms with Gasteiger partial charge in [0.05, 0.1) is 11.4 Å². The fourth-order valence-corrected chi connectivity index (χ4v) is 6.03. The van der Waals surface area contributed by atoms with E-state index in [1.807, 2.05) is 91.2 Å². The zero-order valence-corrected chi connectivity index (χ0v) is 27.4. The molecular formula is C38H30N4O4S2. The maximum Gasteiger partial charge on any atom is 0.272 e. The number of aryl methyl sites for hydroxylation is 1. The van der Waals surface area contributed by atoms with Gasteiger partial charge < -0.3 is 20.4 Å². The van der Waals surface area contributed by atoms with Crippen molar-refractivity contribution in [2.75, 3.05) is 16.4 Å². The van der Waals surface area contributed by atoms with E-state index < -0.39 is 11.8 Å². The lowest BCUT2D eigenvalue weighted by Gasteiger charge is -2.11. The van der Waals surface area contributed by atoms with E-state index in [4.69, 9.17) is 4.42 Å². The van der Waals surface area contributed by atoms with Gasteiger partial charge in [-0.1, -0.05) is 78.4 Å². The lowest BCUT2D eigenvalue weighted by atomic mass is 10.1. The van der Waals surface area contributed by atoms with Crippen LogP contribution in [0.3, 0.4) is 0 Å². The van der Waals surface area contributed by atoms with Gasteiger partial charge in [-0.3, -0.25) is 14.4 Å². The quantitative estimate of drug-likeness (QED) is 0.0941. The number of carbonyl (C=O) groups is 3. The fourth-order valence-electron chi connectivity index (χ4n) is 4.60. The Bertz CT molecular complexity index is 2050. The van der Waals surface area contributed by atoms with Crippen LogP contribution in [-0.4, -0.2) is 28.5 Å². The molecule has 0 aliphatic rings. The average Bonchev–Trinajstić information content (AvgIpc) is 3.79. The van der Waals surface area contributed by atoms with Gasteiger partial charge in [-0.05, 0) is 55.5 Å². The molecule has 48 heavy (non-hydrogen) atoms. The Morgan fingerprint density at radius 2 is 1.50 bits per heavy atom. The molecule has 0 bridgehead atoms. The highest BCUT2D eigenvalue weighted by Crippen LogP contribution is 2.27. The summed E-state index contributed by atoms with van der Waals surface area (Å²) in [7, 11) is 0. The first kappa shape index (κ1) is 32.2. The third-order valence-electron chi connectivity index (χ3n) is 7.08. The molecule has 3 N–H and O–H groups in total. The molecular weight excluding hydrogens is 641 g/mol. The number of nitrogens with one attached hydrogen (secondary N) is 3. The maximum absolute atomic E-state index is 13.5. The van der Waals surface area contributed by atoms with Crippen LogP contribution < -0.4 is 16.0 Å². The minimum Gasteiger partial charge on any atom is -0.457 e. The Labute approximate surface area is 285 Å². The summed E-state index contributed by atoms with van der Waals surface area (Å²) in [6.45, 7) is 2.01. The number of furan rings is 1. The summed E-state index contributed by atoms with van der Waals surface area (Å²) in [6.07, 6.45) is 1.50. The number of thiazole rings is 1. The van der Waals surface area contributed by atoms with Crippen molar-refractivity contribution in [3.05, 3.63) is 149 Å². The van der Waals surface area contributed by atoms with Gasteiger partial charge in [-0.15, -0.1) is 23.1 Å². The number of nitrogens with zero attached hydrogens (tertiary/aromatic N) is 1. The second-order valence-corrected chi connectivity index (χ2v) is 12.6. The van der Waals surface area contributed by atoms with Crippen LogP contribution in [0.25, 0.3) is 28.7 Å². The molecule has 4 aromatic carbocycles. The Hall–Kier alpha value is -5.71. The number of anilines is 2. The Morgan fingerprint density at radius 3 is 2.23 bits per heavy atom. The number of aromatic nitrogens is 1. The van der Waals surface area contributed by atoms with E-state index >= 15 is 0 Å². The van der Waals surface area contributed by atoms with Crippen molar-refractivity contribution in [1.82, 2.24) is 10.3 Å². The summed E-state index contributed by atoms with van der Waals surface area (Å²) in [5, 5.41) is 10.9. The minimum atomic E-state index is -0.523. The molecule has 0 spiro atoms. The monoisotopic (exact) mass is 670 g/mol. The summed E-state index contributed by atoms with van der Waals surface area (Å²) < 4.78 is 6.00. The zero-order valence-electron chi connectivity index (χ0n) is 25.8. The molecule has 2 heterocycles. The van der Waals surface area contributed by atoms with Crippen molar-refractivity contribution in [1.29, 1.82) is 0 Å². The summed E-state index contributed by atoms with van der Waals surface area (Å²) >= 11 is 2.74. The molecule has 6 rings (SSSR count). The van der Waals surface area contributed by atoms with Crippen molar-refractivity contribution in [2.24, 2.45) is 0 Å². The fraction of sp³-hybridized carbons (Fsp3) is 0.0526. The number of hydrogen-bond donors (Lipinski definition) is 3. The van der Waals surface area contributed by atoms with Crippen LogP contribution >= 0.6 is 23.1 Å². The second-order valence-electron chi connectivity index (χ2n) is 10.7. The molecule has 0 saturated heterocycles. The number of benzene rings is 4. The largest absolute Gasteiger partial charge is 0.457 e. The van der Waals surface area contributed by atoms with Crippen molar-refractivity contribution < 1.29 is 18.8 Å². The summed E-state index contributed by atoms with van der Waals surface area (Å²) in [4.78, 5) is 44.4. The molecule has 0 atom stereocenters. The third kappa shape index (κ3) is 8.55. The molecule has 0 saturated carbocycles. The first-order valence-corrected chi connectivity index (χ1v) is 16.9. The third-order valence-corrected chi connectivity index (χ3v) is 8.85. The van der Waals surface area contributed by atoms with Gasteiger partial charge in [-0.2, -0.15) is 0 Å². The van der Waals surface area contributed by atoms with Gasteiger partial charge in [0.1, 0.15) is 17.2 Å². The van der Waals surface area contributed by atoms with Gasteiger partial charge in [0.15, 0.2) is 5.13 Å². The first-order chi connectivity index (χ1) is 23.4. The normalized spacial score (nSPS) is 11.1. The summed E-state index contributed by atoms with van der Waals surface area (Å²) in [5.74, 6) is 0.118. The van der Waals surface area contributed by atoms with Gasteiger partial charge in [-0.25, -0.2) is 4.98 Å². The second kappa shape index (κ2) is 15.3. The smallest absolute Gasteiger partial charge is 0.272 e. The van der Waals surface area contributed by atoms with E-state index in [-0.39, 0.29) is 17.4 Å². The predicted molar refractivity (Wildman–Crippen MR) is 193 cm³/mol. The van der Waals surface area contributed by atoms with Gasteiger partial charge in [0, 0.05) is 38.7 Å². The predicted octanol–water partition coefficient (Wildman–Crippen LogP) is 8.52. The van der Waals surface area contributed by atoms with Crippen LogP contribution in [0.5, 0.6) is 0 Å². The highest BCUT2D eigenvalue weighted by atomic mass is 32.2. The van der Waals surface area contributed by atoms with Crippen molar-refractivity contribution in [3.8, 4) is 22.6 Å². The molecule has 0 radical (unpaired) electrons. The average molecular weight is 671 g/mol. The highest BCUT2D eigenvalue weighted by molar-refractivity contribution is 8.00. The van der Waals surface area contributed by atoms with Crippen LogP contribution in [0.1, 0.15) is 21.7 Å². The molecule has 8 nitrogen and oxygen atoms in total. The van der Waals surface area contributed by atoms with Crippen molar-refractivity contribution in [3.63, 3.8) is 0 Å². The first-order valence-electron chi connectivity index (χ1n) is 15.0. The number of rotatable bonds is 11. The van der Waals surface area contributed by atoms with Gasteiger partial charge >= 0.3 is 0 Å². The number of amides is 3. The molecule has 3 amide bonds. The minimum absolute atomic E-state index is 0.0152. The number of thioether (sulfide) groups is 1. The Balaban J connectivity index is 1.09. The zero-order chi connectivity index (χ0) is 33.3. The van der Waals surface area contributed by atoms with Crippen LogP contribution in [0.4, 0.5) is 10.8 Å². The van der Waals surface area contributed by atoms with Crippen molar-refractivity contribution >= 4 is 57.7 Å². The molecule has 0 fully saturated rings. The van der Waals surface area contributed by atoms with E-state index in [0.29, 0.717) is 27.9 Å². The summed E-state index contributed by atoms with van der Waals surface area (Å²) in [5.41, 5.74) is 4.78. The van der Waals surface area contributed by atoms with E-state index in [1.54, 1.807) is 42.5 Å². The highest BCUT2D eigenvalue weighted by Gasteiger charge is 2.17. The van der Waals surface area contributed by atoms with E-state index in [9.17, 15) is 14.4 Å². The topological polar surface area (TPSA) is 113 Å². The SMILES string of the molecule is Cc1ccc(-c2ccc(/C=C(\NC(=O)c3ccccc3)C(=O)Nc3ccc(SCC(=O)Nc4nc(-c5ccccc5)cs4)cc3)o2)cc1. The maximum atomic E-state index is 13.5. The van der Waals surface area contributed by atoms with Crippen molar-refractivity contribution in [2.45, 2.75) is 11.8 Å². The molecule has 238 valence electrons. The van der Waals surface area contributed by atoms with Crippen LogP contribution in [-0.2, 0) is 9.59 Å². The van der Waals surface area contributed by atoms with E-state index in [2.05, 4.69) is 20.9 Å². The van der Waals surface area contributed by atoms with Gasteiger partial charge in [0.25, 0.3) is 11.8 Å². The number of carbonyl (C=O) groups excluding carboxylic acids is 3. The lowest BCUT2D eigenvalue weighted by Crippen LogP contribution is -2.30.